The van der Waals surface area contributed by atoms with Crippen molar-refractivity contribution in [3.63, 3.8) is 0 Å². The molecule has 176 valence electrons. The third kappa shape index (κ3) is 7.13. The Morgan fingerprint density at radius 3 is 2.39 bits per heavy atom. The molecule has 0 radical (unpaired) electrons. The molecule has 0 saturated heterocycles. The van der Waals surface area contributed by atoms with E-state index in [2.05, 4.69) is 28.1 Å². The van der Waals surface area contributed by atoms with Gasteiger partial charge in [-0.1, -0.05) is 43.5 Å². The SMILES string of the molecule is CN(Cc1ccccc1CNC(=O)c1ccc(S(=O)(=O)NCCC#N)cc1)C1CCCCC1. The largest absolute Gasteiger partial charge is 0.348 e. The van der Waals surface area contributed by atoms with Crippen molar-refractivity contribution in [3.05, 3.63) is 65.2 Å². The highest BCUT2D eigenvalue weighted by molar-refractivity contribution is 7.89. The first-order valence-electron chi connectivity index (χ1n) is 11.4. The molecular formula is C25H32N4O3S. The first-order chi connectivity index (χ1) is 15.9. The predicted molar refractivity (Wildman–Crippen MR) is 128 cm³/mol. The molecule has 0 aliphatic heterocycles. The van der Waals surface area contributed by atoms with Crippen LogP contribution in [0.15, 0.2) is 53.4 Å². The monoisotopic (exact) mass is 468 g/mol. The van der Waals surface area contributed by atoms with Crippen molar-refractivity contribution in [1.82, 2.24) is 14.9 Å². The standard InChI is InChI=1S/C25H32N4O3S/c1-29(23-10-3-2-4-11-23)19-22-9-6-5-8-21(22)18-27-25(30)20-12-14-24(15-13-20)33(31,32)28-17-7-16-26/h5-6,8-9,12-15,23,28H,2-4,7,10-11,17-19H2,1H3,(H,27,30). The van der Waals surface area contributed by atoms with Crippen molar-refractivity contribution in [3.8, 4) is 6.07 Å². The first kappa shape index (κ1) is 24.9. The summed E-state index contributed by atoms with van der Waals surface area (Å²) in [6.07, 6.45) is 6.50. The summed E-state index contributed by atoms with van der Waals surface area (Å²) in [4.78, 5) is 15.1. The topological polar surface area (TPSA) is 102 Å². The van der Waals surface area contributed by atoms with Crippen molar-refractivity contribution in [2.75, 3.05) is 13.6 Å². The molecule has 1 saturated carbocycles. The van der Waals surface area contributed by atoms with E-state index >= 15 is 0 Å². The van der Waals surface area contributed by atoms with Gasteiger partial charge in [-0.2, -0.15) is 5.26 Å². The fraction of sp³-hybridized carbons (Fsp3) is 0.440. The van der Waals surface area contributed by atoms with Gasteiger partial charge in [0.1, 0.15) is 0 Å². The summed E-state index contributed by atoms with van der Waals surface area (Å²) in [5, 5.41) is 11.5. The quantitative estimate of drug-likeness (QED) is 0.519. The second kappa shape index (κ2) is 11.9. The first-order valence-corrected chi connectivity index (χ1v) is 12.9. The molecule has 3 rings (SSSR count). The number of sulfonamides is 1. The average Bonchev–Trinajstić information content (AvgIpc) is 2.84. The zero-order chi connectivity index (χ0) is 23.7. The molecule has 2 aromatic carbocycles. The predicted octanol–water partition coefficient (Wildman–Crippen LogP) is 3.57. The van der Waals surface area contributed by atoms with E-state index in [1.165, 1.54) is 61.9 Å². The van der Waals surface area contributed by atoms with E-state index < -0.39 is 10.0 Å². The molecule has 0 atom stereocenters. The summed E-state index contributed by atoms with van der Waals surface area (Å²) in [5.41, 5.74) is 2.67. The van der Waals surface area contributed by atoms with Crippen LogP contribution in [0.3, 0.4) is 0 Å². The van der Waals surface area contributed by atoms with Crippen LogP contribution in [0, 0.1) is 11.3 Å². The molecule has 2 N–H and O–H groups in total. The summed E-state index contributed by atoms with van der Waals surface area (Å²) in [6.45, 7) is 1.31. The molecule has 0 aromatic heterocycles. The molecule has 0 heterocycles. The molecule has 1 fully saturated rings. The maximum atomic E-state index is 12.6. The third-order valence-electron chi connectivity index (χ3n) is 6.13. The van der Waals surface area contributed by atoms with Crippen LogP contribution in [-0.2, 0) is 23.1 Å². The highest BCUT2D eigenvalue weighted by Crippen LogP contribution is 2.23. The molecule has 2 aromatic rings. The zero-order valence-electron chi connectivity index (χ0n) is 19.1. The Labute approximate surface area is 196 Å². The Morgan fingerprint density at radius 1 is 1.06 bits per heavy atom. The summed E-state index contributed by atoms with van der Waals surface area (Å²) in [5.74, 6) is -0.258. The Balaban J connectivity index is 1.59. The fourth-order valence-electron chi connectivity index (χ4n) is 4.19. The molecule has 1 aliphatic rings. The minimum Gasteiger partial charge on any atom is -0.348 e. The maximum Gasteiger partial charge on any atom is 0.251 e. The van der Waals surface area contributed by atoms with Gasteiger partial charge in [-0.05, 0) is 55.3 Å². The number of amides is 1. The smallest absolute Gasteiger partial charge is 0.251 e. The van der Waals surface area contributed by atoms with Gasteiger partial charge in [-0.25, -0.2) is 13.1 Å². The van der Waals surface area contributed by atoms with Crippen LogP contribution in [0.4, 0.5) is 0 Å². The number of hydrogen-bond acceptors (Lipinski definition) is 5. The van der Waals surface area contributed by atoms with Gasteiger partial charge in [0.05, 0.1) is 11.0 Å². The fourth-order valence-corrected chi connectivity index (χ4v) is 5.22. The van der Waals surface area contributed by atoms with Crippen LogP contribution in [-0.4, -0.2) is 38.9 Å². The van der Waals surface area contributed by atoms with E-state index in [1.54, 1.807) is 0 Å². The highest BCUT2D eigenvalue weighted by Gasteiger charge is 2.19. The van der Waals surface area contributed by atoms with Crippen LogP contribution >= 0.6 is 0 Å². The Kier molecular flexibility index (Phi) is 9.01. The molecule has 0 bridgehead atoms. The van der Waals surface area contributed by atoms with E-state index in [9.17, 15) is 13.2 Å². The van der Waals surface area contributed by atoms with Gasteiger partial charge < -0.3 is 5.32 Å². The van der Waals surface area contributed by atoms with Crippen LogP contribution in [0.1, 0.15) is 60.0 Å². The van der Waals surface area contributed by atoms with E-state index in [0.717, 1.165) is 12.1 Å². The summed E-state index contributed by atoms with van der Waals surface area (Å²) in [6, 6.07) is 16.4. The lowest BCUT2D eigenvalue weighted by atomic mass is 9.94. The van der Waals surface area contributed by atoms with Crippen LogP contribution < -0.4 is 10.0 Å². The van der Waals surface area contributed by atoms with Crippen molar-refractivity contribution in [1.29, 1.82) is 5.26 Å². The lowest BCUT2D eigenvalue weighted by Crippen LogP contribution is -2.33. The number of rotatable bonds is 10. The van der Waals surface area contributed by atoms with Gasteiger partial charge in [-0.15, -0.1) is 0 Å². The summed E-state index contributed by atoms with van der Waals surface area (Å²) in [7, 11) is -1.52. The third-order valence-corrected chi connectivity index (χ3v) is 7.61. The van der Waals surface area contributed by atoms with Crippen LogP contribution in [0.5, 0.6) is 0 Å². The van der Waals surface area contributed by atoms with Gasteiger partial charge in [0.25, 0.3) is 5.91 Å². The number of carbonyl (C=O) groups is 1. The lowest BCUT2D eigenvalue weighted by Gasteiger charge is -2.31. The van der Waals surface area contributed by atoms with E-state index in [-0.39, 0.29) is 23.8 Å². The Morgan fingerprint density at radius 2 is 1.73 bits per heavy atom. The number of nitriles is 1. The lowest BCUT2D eigenvalue weighted by molar-refractivity contribution is 0.0950. The Bertz CT molecular complexity index is 1070. The molecule has 0 unspecified atom stereocenters. The number of hydrogen-bond donors (Lipinski definition) is 2. The molecule has 0 spiro atoms. The van der Waals surface area contributed by atoms with Gasteiger partial charge >= 0.3 is 0 Å². The van der Waals surface area contributed by atoms with Gasteiger partial charge in [0.2, 0.25) is 10.0 Å². The molecule has 7 nitrogen and oxygen atoms in total. The summed E-state index contributed by atoms with van der Waals surface area (Å²) < 4.78 is 26.8. The van der Waals surface area contributed by atoms with E-state index in [1.807, 2.05) is 24.3 Å². The molecule has 33 heavy (non-hydrogen) atoms. The molecular weight excluding hydrogens is 436 g/mol. The number of nitrogens with zero attached hydrogens (tertiary/aromatic N) is 2. The second-order valence-corrected chi connectivity index (χ2v) is 10.3. The minimum absolute atomic E-state index is 0.0520. The van der Waals surface area contributed by atoms with Gasteiger partial charge in [0.15, 0.2) is 0 Å². The number of carbonyl (C=O) groups excluding carboxylic acids is 1. The summed E-state index contributed by atoms with van der Waals surface area (Å²) >= 11 is 0. The average molecular weight is 469 g/mol. The van der Waals surface area contributed by atoms with E-state index in [4.69, 9.17) is 5.26 Å². The van der Waals surface area contributed by atoms with Crippen molar-refractivity contribution in [2.45, 2.75) is 62.6 Å². The maximum absolute atomic E-state index is 12.6. The van der Waals surface area contributed by atoms with Gasteiger partial charge in [0, 0.05) is 37.7 Å². The molecule has 8 heteroatoms. The second-order valence-electron chi connectivity index (χ2n) is 8.49. The van der Waals surface area contributed by atoms with Crippen molar-refractivity contribution in [2.24, 2.45) is 0 Å². The van der Waals surface area contributed by atoms with Crippen LogP contribution in [0.2, 0.25) is 0 Å². The normalized spacial score (nSPS) is 14.7. The van der Waals surface area contributed by atoms with Gasteiger partial charge in [-0.3, -0.25) is 9.69 Å². The van der Waals surface area contributed by atoms with Crippen molar-refractivity contribution < 1.29 is 13.2 Å². The highest BCUT2D eigenvalue weighted by atomic mass is 32.2. The molecule has 1 amide bonds. The zero-order valence-corrected chi connectivity index (χ0v) is 19.9. The Hall–Kier alpha value is -2.73. The van der Waals surface area contributed by atoms with Crippen molar-refractivity contribution >= 4 is 15.9 Å². The van der Waals surface area contributed by atoms with Crippen LogP contribution in [0.25, 0.3) is 0 Å². The number of benzene rings is 2. The van der Waals surface area contributed by atoms with E-state index in [0.29, 0.717) is 18.2 Å². The number of nitrogens with one attached hydrogen (secondary N) is 2. The molecule has 1 aliphatic carbocycles. The minimum atomic E-state index is -3.69.